The molecule has 30 heavy (non-hydrogen) atoms. The van der Waals surface area contributed by atoms with Crippen LogP contribution in [-0.2, 0) is 16.0 Å². The van der Waals surface area contributed by atoms with E-state index < -0.39 is 12.1 Å². The third kappa shape index (κ3) is 8.57. The number of carboxylic acid groups (broad SMARTS) is 1. The van der Waals surface area contributed by atoms with Gasteiger partial charge in [0.2, 0.25) is 0 Å². The van der Waals surface area contributed by atoms with E-state index in [2.05, 4.69) is 91.2 Å². The molecule has 0 heterocycles. The topological polar surface area (TPSA) is 55.8 Å². The Morgan fingerprint density at radius 1 is 1.23 bits per heavy atom. The molecule has 0 aliphatic heterocycles. The number of allylic oxidation sites excluding steroid dienone is 1. The van der Waals surface area contributed by atoms with Gasteiger partial charge in [0.15, 0.2) is 6.10 Å². The third-order valence-corrected chi connectivity index (χ3v) is 5.82. The lowest BCUT2D eigenvalue weighted by atomic mass is 10.1. The molecule has 4 nitrogen and oxygen atoms in total. The van der Waals surface area contributed by atoms with Crippen LogP contribution in [0, 0.1) is 19.0 Å². The number of hydrogen-bond acceptors (Lipinski definition) is 3. The van der Waals surface area contributed by atoms with Gasteiger partial charge < -0.3 is 14.6 Å². The highest BCUT2D eigenvalue weighted by Gasteiger charge is 2.18. The summed E-state index contributed by atoms with van der Waals surface area (Å²) >= 11 is 8.07. The number of carboxylic acids is 1. The molecule has 0 fully saturated rings. The van der Waals surface area contributed by atoms with Crippen molar-refractivity contribution < 1.29 is 19.4 Å². The van der Waals surface area contributed by atoms with E-state index in [0.29, 0.717) is 25.4 Å². The van der Waals surface area contributed by atoms with E-state index in [9.17, 15) is 9.90 Å². The van der Waals surface area contributed by atoms with Crippen LogP contribution in [0.2, 0.25) is 0 Å². The second kappa shape index (κ2) is 12.7. The Morgan fingerprint density at radius 2 is 1.93 bits per heavy atom. The van der Waals surface area contributed by atoms with Crippen LogP contribution in [-0.4, -0.2) is 30.4 Å². The van der Waals surface area contributed by atoms with Gasteiger partial charge in [-0.1, -0.05) is 17.9 Å². The van der Waals surface area contributed by atoms with Crippen LogP contribution in [0.25, 0.3) is 0 Å². The van der Waals surface area contributed by atoms with Crippen molar-refractivity contribution in [1.82, 2.24) is 0 Å². The van der Waals surface area contributed by atoms with Gasteiger partial charge in [0.05, 0.1) is 4.47 Å². The molecule has 0 saturated heterocycles. The molecule has 158 valence electrons. The van der Waals surface area contributed by atoms with Crippen LogP contribution >= 0.6 is 61.1 Å². The van der Waals surface area contributed by atoms with Gasteiger partial charge in [-0.25, -0.2) is 4.79 Å². The standard InChI is InChI=1S/C23H21BrI2O4/c1-3-29-22(23(27)28)13-17-6-7-21(20(24)12-17)30-9-8-15(2)4-5-16-10-18(25)14-19(26)11-16/h6-8,10-12,14,22H,3,9,13H2,1-2H3,(H,27,28). The predicted molar refractivity (Wildman–Crippen MR) is 139 cm³/mol. The van der Waals surface area contributed by atoms with E-state index in [4.69, 9.17) is 9.47 Å². The Hall–Kier alpha value is -1.09. The van der Waals surface area contributed by atoms with Crippen LogP contribution in [0.4, 0.5) is 0 Å². The zero-order valence-electron chi connectivity index (χ0n) is 16.5. The number of hydrogen-bond donors (Lipinski definition) is 1. The van der Waals surface area contributed by atoms with Crippen molar-refractivity contribution in [1.29, 1.82) is 0 Å². The molecular weight excluding hydrogens is 674 g/mol. The number of ether oxygens (including phenoxy) is 2. The number of benzene rings is 2. The fourth-order valence-electron chi connectivity index (χ4n) is 2.53. The zero-order valence-corrected chi connectivity index (χ0v) is 22.4. The SMILES string of the molecule is CCOC(Cc1ccc(OCC=C(C)C#Cc2cc(I)cc(I)c2)c(Br)c1)C(=O)O. The first-order chi connectivity index (χ1) is 14.3. The Kier molecular flexibility index (Phi) is 10.6. The smallest absolute Gasteiger partial charge is 0.333 e. The molecule has 2 aromatic carbocycles. The first-order valence-corrected chi connectivity index (χ1v) is 12.1. The summed E-state index contributed by atoms with van der Waals surface area (Å²) in [6, 6.07) is 11.7. The summed E-state index contributed by atoms with van der Waals surface area (Å²) in [6.45, 7) is 4.48. The summed E-state index contributed by atoms with van der Waals surface area (Å²) in [5, 5.41) is 9.22. The molecule has 0 amide bonds. The summed E-state index contributed by atoms with van der Waals surface area (Å²) in [4.78, 5) is 11.2. The second-order valence-corrected chi connectivity index (χ2v) is 9.70. The molecule has 0 bridgehead atoms. The minimum absolute atomic E-state index is 0.300. The lowest BCUT2D eigenvalue weighted by Gasteiger charge is -2.13. The zero-order chi connectivity index (χ0) is 22.1. The van der Waals surface area contributed by atoms with Gasteiger partial charge in [-0.15, -0.1) is 0 Å². The lowest BCUT2D eigenvalue weighted by Crippen LogP contribution is -2.26. The van der Waals surface area contributed by atoms with Gasteiger partial charge in [0.1, 0.15) is 12.4 Å². The molecule has 0 aliphatic carbocycles. The average molecular weight is 695 g/mol. The Morgan fingerprint density at radius 3 is 2.53 bits per heavy atom. The second-order valence-electron chi connectivity index (χ2n) is 6.36. The van der Waals surface area contributed by atoms with Gasteiger partial charge in [-0.2, -0.15) is 0 Å². The molecule has 2 rings (SSSR count). The summed E-state index contributed by atoms with van der Waals surface area (Å²) in [7, 11) is 0. The number of aliphatic carboxylic acids is 1. The fraction of sp³-hybridized carbons (Fsp3) is 0.261. The van der Waals surface area contributed by atoms with Crippen molar-refractivity contribution >= 4 is 67.1 Å². The molecule has 1 atom stereocenters. The van der Waals surface area contributed by atoms with E-state index in [1.165, 1.54) is 0 Å². The largest absolute Gasteiger partial charge is 0.488 e. The fourth-order valence-corrected chi connectivity index (χ4v) is 5.00. The lowest BCUT2D eigenvalue weighted by molar-refractivity contribution is -0.149. The summed E-state index contributed by atoms with van der Waals surface area (Å²) in [5.41, 5.74) is 2.78. The maximum absolute atomic E-state index is 11.2. The minimum Gasteiger partial charge on any atom is -0.488 e. The molecule has 0 radical (unpaired) electrons. The maximum atomic E-state index is 11.2. The van der Waals surface area contributed by atoms with Crippen molar-refractivity contribution in [2.24, 2.45) is 0 Å². The van der Waals surface area contributed by atoms with Gasteiger partial charge in [-0.3, -0.25) is 0 Å². The first kappa shape index (κ1) is 25.2. The molecular formula is C23H21BrI2O4. The molecule has 1 unspecified atom stereocenters. The van der Waals surface area contributed by atoms with Crippen LogP contribution in [0.1, 0.15) is 25.0 Å². The number of rotatable bonds is 8. The molecule has 0 aromatic heterocycles. The number of halogens is 3. The average Bonchev–Trinajstić information content (AvgIpc) is 2.67. The highest BCUT2D eigenvalue weighted by Crippen LogP contribution is 2.27. The van der Waals surface area contributed by atoms with Crippen molar-refractivity contribution in [2.75, 3.05) is 13.2 Å². The minimum atomic E-state index is -0.963. The molecule has 7 heteroatoms. The van der Waals surface area contributed by atoms with Gasteiger partial charge in [0, 0.05) is 25.7 Å². The summed E-state index contributed by atoms with van der Waals surface area (Å²) < 4.78 is 14.2. The maximum Gasteiger partial charge on any atom is 0.333 e. The van der Waals surface area contributed by atoms with E-state index in [1.807, 2.05) is 31.2 Å². The monoisotopic (exact) mass is 694 g/mol. The molecule has 0 saturated carbocycles. The Labute approximate surface area is 212 Å². The van der Waals surface area contributed by atoms with Crippen LogP contribution in [0.15, 0.2) is 52.5 Å². The summed E-state index contributed by atoms with van der Waals surface area (Å²) in [6.07, 6.45) is 1.38. The van der Waals surface area contributed by atoms with Crippen LogP contribution in [0.3, 0.4) is 0 Å². The van der Waals surface area contributed by atoms with Crippen LogP contribution in [0.5, 0.6) is 5.75 Å². The molecule has 0 aliphatic rings. The number of carbonyl (C=O) groups is 1. The predicted octanol–water partition coefficient (Wildman–Crippen LogP) is 6.07. The van der Waals surface area contributed by atoms with Gasteiger partial charge >= 0.3 is 5.97 Å². The van der Waals surface area contributed by atoms with Gasteiger partial charge in [-0.05, 0) is 123 Å². The van der Waals surface area contributed by atoms with E-state index in [-0.39, 0.29) is 0 Å². The van der Waals surface area contributed by atoms with Crippen LogP contribution < -0.4 is 4.74 Å². The van der Waals surface area contributed by atoms with Gasteiger partial charge in [0.25, 0.3) is 0 Å². The highest BCUT2D eigenvalue weighted by molar-refractivity contribution is 14.1. The van der Waals surface area contributed by atoms with E-state index in [0.717, 1.165) is 28.3 Å². The van der Waals surface area contributed by atoms with E-state index in [1.54, 1.807) is 6.92 Å². The summed E-state index contributed by atoms with van der Waals surface area (Å²) in [5.74, 6) is 6.05. The van der Waals surface area contributed by atoms with Crippen molar-refractivity contribution in [2.45, 2.75) is 26.4 Å². The Balaban J connectivity index is 1.97. The molecule has 2 aromatic rings. The molecule has 0 spiro atoms. The molecule has 1 N–H and O–H groups in total. The normalized spacial score (nSPS) is 12.1. The van der Waals surface area contributed by atoms with Crippen molar-refractivity contribution in [3.63, 3.8) is 0 Å². The van der Waals surface area contributed by atoms with E-state index >= 15 is 0 Å². The highest BCUT2D eigenvalue weighted by atomic mass is 127. The Bertz CT molecular complexity index is 972. The quantitative estimate of drug-likeness (QED) is 0.270. The van der Waals surface area contributed by atoms with Crippen molar-refractivity contribution in [3.8, 4) is 17.6 Å². The third-order valence-electron chi connectivity index (χ3n) is 3.96. The van der Waals surface area contributed by atoms with Crippen molar-refractivity contribution in [3.05, 3.63) is 70.8 Å². The first-order valence-electron chi connectivity index (χ1n) is 9.19.